The summed E-state index contributed by atoms with van der Waals surface area (Å²) in [6.07, 6.45) is 1.41. The molecule has 0 aliphatic heterocycles. The van der Waals surface area contributed by atoms with Crippen LogP contribution in [0.4, 0.5) is 0 Å². The Hall–Kier alpha value is -3.01. The molecule has 134 valence electrons. The van der Waals surface area contributed by atoms with Crippen LogP contribution in [0.25, 0.3) is 10.8 Å². The van der Waals surface area contributed by atoms with Crippen molar-refractivity contribution in [2.45, 2.75) is 19.8 Å². The molecule has 0 fully saturated rings. The second-order valence-electron chi connectivity index (χ2n) is 6.36. The standard InChI is InChI=1S/C22H23NO3/c1-16(2)17-7-10-19(11-8-17)25-13-14-26-22-12-9-18-5-3-4-6-20(18)21(22)15-23-24/h3-12,15-16,24H,13-14H2,1-2H3. The van der Waals surface area contributed by atoms with Gasteiger partial charge in [-0.3, -0.25) is 0 Å². The van der Waals surface area contributed by atoms with E-state index in [2.05, 4.69) is 31.1 Å². The van der Waals surface area contributed by atoms with E-state index >= 15 is 0 Å². The van der Waals surface area contributed by atoms with Gasteiger partial charge in [0.1, 0.15) is 24.7 Å². The fraction of sp³-hybridized carbons (Fsp3) is 0.227. The van der Waals surface area contributed by atoms with Gasteiger partial charge in [-0.05, 0) is 40.5 Å². The van der Waals surface area contributed by atoms with E-state index in [1.807, 2.05) is 48.5 Å². The SMILES string of the molecule is CC(C)c1ccc(OCCOc2ccc3ccccc3c2C=NO)cc1. The lowest BCUT2D eigenvalue weighted by molar-refractivity contribution is 0.217. The van der Waals surface area contributed by atoms with E-state index in [1.54, 1.807) is 0 Å². The van der Waals surface area contributed by atoms with Crippen molar-refractivity contribution in [3.8, 4) is 11.5 Å². The summed E-state index contributed by atoms with van der Waals surface area (Å²) in [7, 11) is 0. The lowest BCUT2D eigenvalue weighted by Crippen LogP contribution is -2.10. The van der Waals surface area contributed by atoms with Crippen molar-refractivity contribution >= 4 is 17.0 Å². The zero-order chi connectivity index (χ0) is 18.4. The number of rotatable bonds is 7. The molecule has 3 rings (SSSR count). The number of hydrogen-bond acceptors (Lipinski definition) is 4. The fourth-order valence-electron chi connectivity index (χ4n) is 2.85. The summed E-state index contributed by atoms with van der Waals surface area (Å²) >= 11 is 0. The summed E-state index contributed by atoms with van der Waals surface area (Å²) in [5.41, 5.74) is 2.05. The highest BCUT2D eigenvalue weighted by molar-refractivity contribution is 6.02. The van der Waals surface area contributed by atoms with Crippen LogP contribution in [0.1, 0.15) is 30.9 Å². The van der Waals surface area contributed by atoms with Crippen molar-refractivity contribution in [2.24, 2.45) is 5.16 Å². The van der Waals surface area contributed by atoms with Gasteiger partial charge in [-0.25, -0.2) is 0 Å². The first kappa shape index (κ1) is 17.8. The highest BCUT2D eigenvalue weighted by Gasteiger charge is 2.07. The molecule has 4 heteroatoms. The van der Waals surface area contributed by atoms with Crippen LogP contribution < -0.4 is 9.47 Å². The third-order valence-electron chi connectivity index (χ3n) is 4.27. The molecule has 0 aromatic heterocycles. The van der Waals surface area contributed by atoms with Gasteiger partial charge < -0.3 is 14.7 Å². The molecule has 0 saturated heterocycles. The van der Waals surface area contributed by atoms with Gasteiger partial charge in [-0.15, -0.1) is 0 Å². The molecule has 0 spiro atoms. The van der Waals surface area contributed by atoms with Crippen molar-refractivity contribution in [1.29, 1.82) is 0 Å². The minimum atomic E-state index is 0.399. The van der Waals surface area contributed by atoms with Gasteiger partial charge in [0.15, 0.2) is 0 Å². The van der Waals surface area contributed by atoms with Gasteiger partial charge in [0, 0.05) is 5.56 Å². The predicted octanol–water partition coefficient (Wildman–Crippen LogP) is 5.23. The summed E-state index contributed by atoms with van der Waals surface area (Å²) in [4.78, 5) is 0. The molecule has 3 aromatic carbocycles. The maximum atomic E-state index is 8.97. The quantitative estimate of drug-likeness (QED) is 0.275. The molecular formula is C22H23NO3. The second-order valence-corrected chi connectivity index (χ2v) is 6.36. The maximum absolute atomic E-state index is 8.97. The summed E-state index contributed by atoms with van der Waals surface area (Å²) in [5, 5.41) is 14.2. The lowest BCUT2D eigenvalue weighted by atomic mass is 10.0. The first-order valence-electron chi connectivity index (χ1n) is 8.74. The minimum Gasteiger partial charge on any atom is -0.490 e. The van der Waals surface area contributed by atoms with Crippen molar-refractivity contribution < 1.29 is 14.7 Å². The minimum absolute atomic E-state index is 0.399. The van der Waals surface area contributed by atoms with E-state index in [0.29, 0.717) is 24.9 Å². The largest absolute Gasteiger partial charge is 0.490 e. The molecule has 4 nitrogen and oxygen atoms in total. The normalized spacial score (nSPS) is 11.3. The van der Waals surface area contributed by atoms with Crippen LogP contribution >= 0.6 is 0 Å². The summed E-state index contributed by atoms with van der Waals surface area (Å²) in [6.45, 7) is 5.17. The molecule has 0 unspecified atom stereocenters. The molecule has 0 radical (unpaired) electrons. The highest BCUT2D eigenvalue weighted by atomic mass is 16.5. The molecule has 0 saturated carbocycles. The summed E-state index contributed by atoms with van der Waals surface area (Å²) in [6, 6.07) is 19.9. The van der Waals surface area contributed by atoms with E-state index < -0.39 is 0 Å². The van der Waals surface area contributed by atoms with E-state index in [4.69, 9.17) is 14.7 Å². The van der Waals surface area contributed by atoms with Gasteiger partial charge in [0.25, 0.3) is 0 Å². The number of nitrogens with zero attached hydrogens (tertiary/aromatic N) is 1. The summed E-state index contributed by atoms with van der Waals surface area (Å²) < 4.78 is 11.6. The van der Waals surface area contributed by atoms with Crippen LogP contribution in [-0.2, 0) is 0 Å². The highest BCUT2D eigenvalue weighted by Crippen LogP contribution is 2.27. The molecule has 0 aliphatic carbocycles. The predicted molar refractivity (Wildman–Crippen MR) is 105 cm³/mol. The molecule has 1 N–H and O–H groups in total. The van der Waals surface area contributed by atoms with E-state index in [1.165, 1.54) is 11.8 Å². The molecular weight excluding hydrogens is 326 g/mol. The molecule has 0 heterocycles. The Bertz CT molecular complexity index is 886. The molecule has 0 bridgehead atoms. The number of benzene rings is 3. The maximum Gasteiger partial charge on any atom is 0.129 e. The van der Waals surface area contributed by atoms with Crippen LogP contribution in [0.15, 0.2) is 65.8 Å². The first-order chi connectivity index (χ1) is 12.7. The van der Waals surface area contributed by atoms with Gasteiger partial charge in [-0.2, -0.15) is 0 Å². The van der Waals surface area contributed by atoms with Crippen LogP contribution in [-0.4, -0.2) is 24.6 Å². The van der Waals surface area contributed by atoms with Crippen molar-refractivity contribution in [1.82, 2.24) is 0 Å². The Morgan fingerprint density at radius 1 is 0.923 bits per heavy atom. The molecule has 3 aromatic rings. The van der Waals surface area contributed by atoms with Crippen molar-refractivity contribution in [3.63, 3.8) is 0 Å². The van der Waals surface area contributed by atoms with Gasteiger partial charge in [0.05, 0.1) is 6.21 Å². The van der Waals surface area contributed by atoms with Crippen molar-refractivity contribution in [3.05, 3.63) is 71.8 Å². The lowest BCUT2D eigenvalue weighted by Gasteiger charge is -2.12. The number of fused-ring (bicyclic) bond motifs is 1. The molecule has 26 heavy (non-hydrogen) atoms. The molecule has 0 amide bonds. The monoisotopic (exact) mass is 349 g/mol. The average Bonchev–Trinajstić information content (AvgIpc) is 2.67. The Balaban J connectivity index is 1.63. The van der Waals surface area contributed by atoms with Crippen LogP contribution in [0.5, 0.6) is 11.5 Å². The first-order valence-corrected chi connectivity index (χ1v) is 8.74. The summed E-state index contributed by atoms with van der Waals surface area (Å²) in [5.74, 6) is 2.00. The number of oxime groups is 1. The third-order valence-corrected chi connectivity index (χ3v) is 4.27. The number of hydrogen-bond donors (Lipinski definition) is 1. The second kappa shape index (κ2) is 8.39. The fourth-order valence-corrected chi connectivity index (χ4v) is 2.85. The zero-order valence-corrected chi connectivity index (χ0v) is 15.1. The average molecular weight is 349 g/mol. The smallest absolute Gasteiger partial charge is 0.129 e. The van der Waals surface area contributed by atoms with Crippen LogP contribution in [0, 0.1) is 0 Å². The van der Waals surface area contributed by atoms with Gasteiger partial charge in [-0.1, -0.05) is 61.5 Å². The Labute approximate surface area is 153 Å². The van der Waals surface area contributed by atoms with E-state index in [-0.39, 0.29) is 0 Å². The van der Waals surface area contributed by atoms with Crippen molar-refractivity contribution in [2.75, 3.05) is 13.2 Å². The van der Waals surface area contributed by atoms with Gasteiger partial charge in [0.2, 0.25) is 0 Å². The third kappa shape index (κ3) is 4.14. The molecule has 0 atom stereocenters. The zero-order valence-electron chi connectivity index (χ0n) is 15.1. The number of ether oxygens (including phenoxy) is 2. The Kier molecular flexibility index (Phi) is 5.74. The van der Waals surface area contributed by atoms with E-state index in [9.17, 15) is 0 Å². The van der Waals surface area contributed by atoms with Gasteiger partial charge >= 0.3 is 0 Å². The Morgan fingerprint density at radius 2 is 1.65 bits per heavy atom. The Morgan fingerprint density at radius 3 is 2.38 bits per heavy atom. The van der Waals surface area contributed by atoms with Crippen LogP contribution in [0.2, 0.25) is 0 Å². The van der Waals surface area contributed by atoms with Crippen LogP contribution in [0.3, 0.4) is 0 Å². The molecule has 0 aliphatic rings. The van der Waals surface area contributed by atoms with E-state index in [0.717, 1.165) is 22.1 Å². The topological polar surface area (TPSA) is 51.0 Å².